The second-order valence-corrected chi connectivity index (χ2v) is 10.8. The lowest BCUT2D eigenvalue weighted by Crippen LogP contribution is -2.40. The largest absolute Gasteiger partial charge is 0.482 e. The molecule has 0 spiro atoms. The lowest BCUT2D eigenvalue weighted by molar-refractivity contribution is -0.122. The Morgan fingerprint density at radius 2 is 1.97 bits per heavy atom. The Morgan fingerprint density at radius 3 is 2.71 bits per heavy atom. The highest BCUT2D eigenvalue weighted by molar-refractivity contribution is 7.99. The molecule has 4 rings (SSSR count). The SMILES string of the molecule is O=C(COc1ccc(S(=O)(=O)N2CCOCC2)cc1Cl)NCCSc1n[nH]c(-c2ccccc2)n1. The molecule has 1 saturated heterocycles. The van der Waals surface area contributed by atoms with E-state index >= 15 is 0 Å². The minimum atomic E-state index is -3.67. The van der Waals surface area contributed by atoms with Crippen molar-refractivity contribution >= 4 is 39.3 Å². The monoisotopic (exact) mass is 537 g/mol. The molecular formula is C22H24ClN5O5S2. The van der Waals surface area contributed by atoms with Crippen LogP contribution < -0.4 is 10.1 Å². The normalized spacial score (nSPS) is 14.5. The van der Waals surface area contributed by atoms with Gasteiger partial charge in [-0.2, -0.15) is 4.31 Å². The average molecular weight is 538 g/mol. The number of aromatic amines is 1. The van der Waals surface area contributed by atoms with Gasteiger partial charge in [0, 0.05) is 31.0 Å². The van der Waals surface area contributed by atoms with Crippen LogP contribution in [0.4, 0.5) is 0 Å². The molecule has 1 fully saturated rings. The van der Waals surface area contributed by atoms with E-state index in [1.54, 1.807) is 0 Å². The Bertz CT molecular complexity index is 1250. The summed E-state index contributed by atoms with van der Waals surface area (Å²) < 4.78 is 37.5. The first-order valence-electron chi connectivity index (χ1n) is 10.8. The number of rotatable bonds is 10. The Balaban J connectivity index is 1.21. The van der Waals surface area contributed by atoms with Crippen LogP contribution in [0, 0.1) is 0 Å². The van der Waals surface area contributed by atoms with Crippen molar-refractivity contribution in [1.29, 1.82) is 0 Å². The third kappa shape index (κ3) is 6.73. The van der Waals surface area contributed by atoms with Crippen molar-refractivity contribution < 1.29 is 22.7 Å². The molecule has 2 N–H and O–H groups in total. The fourth-order valence-electron chi connectivity index (χ4n) is 3.26. The van der Waals surface area contributed by atoms with Crippen LogP contribution in [0.3, 0.4) is 0 Å². The van der Waals surface area contributed by atoms with Crippen LogP contribution in [-0.2, 0) is 19.6 Å². The minimum Gasteiger partial charge on any atom is -0.482 e. The molecule has 0 radical (unpaired) electrons. The van der Waals surface area contributed by atoms with Crippen molar-refractivity contribution in [1.82, 2.24) is 24.8 Å². The van der Waals surface area contributed by atoms with Crippen molar-refractivity contribution in [3.8, 4) is 17.1 Å². The van der Waals surface area contributed by atoms with E-state index in [9.17, 15) is 13.2 Å². The highest BCUT2D eigenvalue weighted by Crippen LogP contribution is 2.29. The number of morpholine rings is 1. The molecule has 0 saturated carbocycles. The van der Waals surface area contributed by atoms with Crippen LogP contribution in [0.15, 0.2) is 58.6 Å². The average Bonchev–Trinajstić information content (AvgIpc) is 3.36. The number of nitrogens with one attached hydrogen (secondary N) is 2. The second-order valence-electron chi connectivity index (χ2n) is 7.43. The van der Waals surface area contributed by atoms with Crippen molar-refractivity contribution in [3.05, 3.63) is 53.6 Å². The molecule has 2 heterocycles. The first-order chi connectivity index (χ1) is 16.9. The molecule has 1 amide bonds. The third-order valence-electron chi connectivity index (χ3n) is 5.04. The second kappa shape index (κ2) is 11.9. The van der Waals surface area contributed by atoms with Crippen LogP contribution >= 0.6 is 23.4 Å². The lowest BCUT2D eigenvalue weighted by Gasteiger charge is -2.26. The Morgan fingerprint density at radius 1 is 1.20 bits per heavy atom. The summed E-state index contributed by atoms with van der Waals surface area (Å²) in [6.45, 7) is 1.44. The van der Waals surface area contributed by atoms with E-state index < -0.39 is 10.0 Å². The summed E-state index contributed by atoms with van der Waals surface area (Å²) in [4.78, 5) is 16.6. The molecule has 0 aliphatic carbocycles. The van der Waals surface area contributed by atoms with Gasteiger partial charge in [-0.05, 0) is 18.2 Å². The van der Waals surface area contributed by atoms with E-state index in [-0.39, 0.29) is 28.2 Å². The van der Waals surface area contributed by atoms with Crippen molar-refractivity contribution in [2.45, 2.75) is 10.1 Å². The molecule has 35 heavy (non-hydrogen) atoms. The molecular weight excluding hydrogens is 514 g/mol. The summed E-state index contributed by atoms with van der Waals surface area (Å²) in [7, 11) is -3.67. The first kappa shape index (κ1) is 25.5. The van der Waals surface area contributed by atoms with Crippen LogP contribution in [-0.4, -0.2) is 79.0 Å². The van der Waals surface area contributed by atoms with Crippen molar-refractivity contribution in [3.63, 3.8) is 0 Å². The van der Waals surface area contributed by atoms with E-state index in [4.69, 9.17) is 21.1 Å². The molecule has 10 nitrogen and oxygen atoms in total. The topological polar surface area (TPSA) is 127 Å². The summed E-state index contributed by atoms with van der Waals surface area (Å²) in [6, 6.07) is 13.9. The number of benzene rings is 2. The molecule has 1 aliphatic heterocycles. The highest BCUT2D eigenvalue weighted by Gasteiger charge is 2.27. The number of carbonyl (C=O) groups is 1. The van der Waals surface area contributed by atoms with Gasteiger partial charge in [0.15, 0.2) is 12.4 Å². The maximum atomic E-state index is 12.7. The number of carbonyl (C=O) groups excluding carboxylic acids is 1. The number of thioether (sulfide) groups is 1. The predicted molar refractivity (Wildman–Crippen MR) is 132 cm³/mol. The maximum Gasteiger partial charge on any atom is 0.257 e. The van der Waals surface area contributed by atoms with E-state index in [1.807, 2.05) is 30.3 Å². The van der Waals surface area contributed by atoms with Gasteiger partial charge in [0.25, 0.3) is 5.91 Å². The molecule has 0 atom stereocenters. The fourth-order valence-corrected chi connectivity index (χ4v) is 5.65. The number of halogens is 1. The standard InChI is InChI=1S/C22H24ClN5O5S2/c23-18-14-17(35(30,31)28-9-11-32-12-10-28)6-7-19(18)33-15-20(29)24-8-13-34-22-25-21(26-27-22)16-4-2-1-3-5-16/h1-7,14H,8-13,15H2,(H,24,29)(H,25,26,27). The van der Waals surface area contributed by atoms with Gasteiger partial charge in [0.05, 0.1) is 23.1 Å². The fraction of sp³-hybridized carbons (Fsp3) is 0.318. The number of hydrogen-bond acceptors (Lipinski definition) is 8. The number of amides is 1. The smallest absolute Gasteiger partial charge is 0.257 e. The van der Waals surface area contributed by atoms with Gasteiger partial charge < -0.3 is 14.8 Å². The number of aromatic nitrogens is 3. The summed E-state index contributed by atoms with van der Waals surface area (Å²) in [5.74, 6) is 1.16. The van der Waals surface area contributed by atoms with Gasteiger partial charge in [-0.1, -0.05) is 53.7 Å². The molecule has 3 aromatic rings. The summed E-state index contributed by atoms with van der Waals surface area (Å²) in [5.41, 5.74) is 0.947. The number of hydrogen-bond donors (Lipinski definition) is 2. The van der Waals surface area contributed by atoms with Gasteiger partial charge >= 0.3 is 0 Å². The van der Waals surface area contributed by atoms with E-state index in [2.05, 4.69) is 20.5 Å². The zero-order valence-corrected chi connectivity index (χ0v) is 21.0. The van der Waals surface area contributed by atoms with Gasteiger partial charge in [-0.3, -0.25) is 9.89 Å². The molecule has 2 aromatic carbocycles. The number of sulfonamides is 1. The van der Waals surface area contributed by atoms with Gasteiger partial charge in [-0.15, -0.1) is 5.10 Å². The summed E-state index contributed by atoms with van der Waals surface area (Å²) in [5, 5.41) is 10.5. The molecule has 1 aromatic heterocycles. The van der Waals surface area contributed by atoms with Crippen molar-refractivity contribution in [2.75, 3.05) is 45.2 Å². The molecule has 1 aliphatic rings. The Hall–Kier alpha value is -2.64. The Kier molecular flexibility index (Phi) is 8.63. The van der Waals surface area contributed by atoms with Gasteiger partial charge in [-0.25, -0.2) is 13.4 Å². The zero-order valence-electron chi connectivity index (χ0n) is 18.6. The maximum absolute atomic E-state index is 12.7. The molecule has 186 valence electrons. The van der Waals surface area contributed by atoms with Crippen molar-refractivity contribution in [2.24, 2.45) is 0 Å². The summed E-state index contributed by atoms with van der Waals surface area (Å²) >= 11 is 7.63. The van der Waals surface area contributed by atoms with Gasteiger partial charge in [0.2, 0.25) is 15.2 Å². The predicted octanol–water partition coefficient (Wildman–Crippen LogP) is 2.43. The van der Waals surface area contributed by atoms with Crippen LogP contribution in [0.2, 0.25) is 5.02 Å². The van der Waals surface area contributed by atoms with E-state index in [1.165, 1.54) is 34.3 Å². The zero-order chi connectivity index (χ0) is 24.7. The van der Waals surface area contributed by atoms with Crippen LogP contribution in [0.5, 0.6) is 5.75 Å². The molecule has 0 unspecified atom stereocenters. The number of ether oxygens (including phenoxy) is 2. The minimum absolute atomic E-state index is 0.0700. The van der Waals surface area contributed by atoms with E-state index in [0.29, 0.717) is 49.6 Å². The Labute approximate surface area is 212 Å². The van der Waals surface area contributed by atoms with Crippen LogP contribution in [0.1, 0.15) is 0 Å². The molecule has 13 heteroatoms. The molecule has 0 bridgehead atoms. The number of nitrogens with zero attached hydrogens (tertiary/aromatic N) is 3. The van der Waals surface area contributed by atoms with Crippen LogP contribution in [0.25, 0.3) is 11.4 Å². The quantitative estimate of drug-likeness (QED) is 0.298. The first-order valence-corrected chi connectivity index (χ1v) is 13.6. The third-order valence-corrected chi connectivity index (χ3v) is 8.08. The highest BCUT2D eigenvalue weighted by atomic mass is 35.5. The van der Waals surface area contributed by atoms with Gasteiger partial charge in [0.1, 0.15) is 5.75 Å². The summed E-state index contributed by atoms with van der Waals surface area (Å²) in [6.07, 6.45) is 0. The number of H-pyrrole nitrogens is 1. The van der Waals surface area contributed by atoms with E-state index in [0.717, 1.165) is 5.56 Å². The lowest BCUT2D eigenvalue weighted by atomic mass is 10.2.